The molecule has 0 spiro atoms. The fraction of sp³-hybridized carbons (Fsp3) is 0.647. The van der Waals surface area contributed by atoms with E-state index in [-0.39, 0.29) is 12.1 Å². The van der Waals surface area contributed by atoms with E-state index in [1.165, 1.54) is 37.7 Å². The van der Waals surface area contributed by atoms with Gasteiger partial charge in [-0.2, -0.15) is 0 Å². The second-order valence-electron chi connectivity index (χ2n) is 6.01. The van der Waals surface area contributed by atoms with Crippen LogP contribution in [0.1, 0.15) is 57.6 Å². The maximum absolute atomic E-state index is 6.33. The summed E-state index contributed by atoms with van der Waals surface area (Å²) in [5, 5.41) is 0.802. The molecule has 3 unspecified atom stereocenters. The molecule has 1 aromatic carbocycles. The van der Waals surface area contributed by atoms with Crippen LogP contribution in [0.5, 0.6) is 0 Å². The molecule has 0 radical (unpaired) electrons. The number of nitrogens with zero attached hydrogens (tertiary/aromatic N) is 1. The number of benzene rings is 1. The molecule has 20 heavy (non-hydrogen) atoms. The summed E-state index contributed by atoms with van der Waals surface area (Å²) >= 11 is 6.18. The molecular formula is C17H27ClN2. The van der Waals surface area contributed by atoms with Gasteiger partial charge < -0.3 is 5.73 Å². The minimum Gasteiger partial charge on any atom is -0.326 e. The van der Waals surface area contributed by atoms with Crippen molar-refractivity contribution in [2.24, 2.45) is 5.73 Å². The third-order valence-corrected chi connectivity index (χ3v) is 4.67. The van der Waals surface area contributed by atoms with Gasteiger partial charge in [0.2, 0.25) is 0 Å². The molecule has 3 atom stereocenters. The number of hydrogen-bond donors (Lipinski definition) is 1. The van der Waals surface area contributed by atoms with Crippen molar-refractivity contribution in [3.8, 4) is 0 Å². The molecule has 1 saturated heterocycles. The van der Waals surface area contributed by atoms with Gasteiger partial charge in [0.15, 0.2) is 0 Å². The zero-order chi connectivity index (χ0) is 14.5. The van der Waals surface area contributed by atoms with Gasteiger partial charge in [0.25, 0.3) is 0 Å². The Morgan fingerprint density at radius 2 is 2.15 bits per heavy atom. The zero-order valence-corrected chi connectivity index (χ0v) is 13.4. The molecular weight excluding hydrogens is 268 g/mol. The SMILES string of the molecule is CCC1CCCCCN1C(c1cccc(Cl)c1)C(C)N. The molecule has 3 heteroatoms. The minimum atomic E-state index is 0.112. The van der Waals surface area contributed by atoms with Crippen LogP contribution in [-0.2, 0) is 0 Å². The van der Waals surface area contributed by atoms with Gasteiger partial charge >= 0.3 is 0 Å². The summed E-state index contributed by atoms with van der Waals surface area (Å²) in [4.78, 5) is 2.63. The van der Waals surface area contributed by atoms with Gasteiger partial charge in [-0.05, 0) is 50.4 Å². The average molecular weight is 295 g/mol. The first-order chi connectivity index (χ1) is 9.63. The second-order valence-corrected chi connectivity index (χ2v) is 6.44. The van der Waals surface area contributed by atoms with E-state index >= 15 is 0 Å². The normalized spacial score (nSPS) is 24.1. The van der Waals surface area contributed by atoms with Crippen LogP contribution in [0.25, 0.3) is 0 Å². The summed E-state index contributed by atoms with van der Waals surface area (Å²) in [5.41, 5.74) is 7.59. The molecule has 1 aliphatic rings. The van der Waals surface area contributed by atoms with E-state index in [9.17, 15) is 0 Å². The van der Waals surface area contributed by atoms with Crippen molar-refractivity contribution < 1.29 is 0 Å². The van der Waals surface area contributed by atoms with E-state index in [1.807, 2.05) is 12.1 Å². The van der Waals surface area contributed by atoms with Gasteiger partial charge in [-0.15, -0.1) is 0 Å². The number of halogens is 1. The van der Waals surface area contributed by atoms with Crippen molar-refractivity contribution in [1.29, 1.82) is 0 Å². The lowest BCUT2D eigenvalue weighted by atomic mass is 9.96. The largest absolute Gasteiger partial charge is 0.326 e. The predicted molar refractivity (Wildman–Crippen MR) is 87.1 cm³/mol. The van der Waals surface area contributed by atoms with E-state index < -0.39 is 0 Å². The Morgan fingerprint density at radius 1 is 1.35 bits per heavy atom. The van der Waals surface area contributed by atoms with Gasteiger partial charge in [-0.25, -0.2) is 0 Å². The van der Waals surface area contributed by atoms with Crippen molar-refractivity contribution in [2.45, 2.75) is 64.1 Å². The molecule has 1 aromatic rings. The van der Waals surface area contributed by atoms with E-state index in [0.717, 1.165) is 11.6 Å². The fourth-order valence-electron chi connectivity index (χ4n) is 3.49. The van der Waals surface area contributed by atoms with Crippen molar-refractivity contribution in [3.05, 3.63) is 34.9 Å². The average Bonchev–Trinajstić information content (AvgIpc) is 2.64. The maximum Gasteiger partial charge on any atom is 0.0499 e. The van der Waals surface area contributed by atoms with Crippen LogP contribution in [0.15, 0.2) is 24.3 Å². The summed E-state index contributed by atoms with van der Waals surface area (Å²) in [6, 6.07) is 9.24. The Morgan fingerprint density at radius 3 is 2.80 bits per heavy atom. The van der Waals surface area contributed by atoms with E-state index in [2.05, 4.69) is 30.9 Å². The van der Waals surface area contributed by atoms with Crippen molar-refractivity contribution in [3.63, 3.8) is 0 Å². The molecule has 112 valence electrons. The van der Waals surface area contributed by atoms with E-state index in [4.69, 9.17) is 17.3 Å². The zero-order valence-electron chi connectivity index (χ0n) is 12.7. The van der Waals surface area contributed by atoms with Crippen LogP contribution < -0.4 is 5.73 Å². The van der Waals surface area contributed by atoms with Crippen LogP contribution in [0.4, 0.5) is 0 Å². The smallest absolute Gasteiger partial charge is 0.0499 e. The molecule has 0 saturated carbocycles. The predicted octanol–water partition coefficient (Wildman–Crippen LogP) is 4.38. The van der Waals surface area contributed by atoms with Crippen LogP contribution in [0.3, 0.4) is 0 Å². The number of hydrogen-bond acceptors (Lipinski definition) is 2. The second kappa shape index (κ2) is 7.44. The molecule has 0 bridgehead atoms. The lowest BCUT2D eigenvalue weighted by molar-refractivity contribution is 0.117. The Balaban J connectivity index is 2.30. The number of likely N-dealkylation sites (tertiary alicyclic amines) is 1. The van der Waals surface area contributed by atoms with E-state index in [0.29, 0.717) is 6.04 Å². The molecule has 0 amide bonds. The first-order valence-corrected chi connectivity index (χ1v) is 8.28. The lowest BCUT2D eigenvalue weighted by Crippen LogP contribution is -2.44. The highest BCUT2D eigenvalue weighted by atomic mass is 35.5. The molecule has 0 aliphatic carbocycles. The van der Waals surface area contributed by atoms with Gasteiger partial charge in [0.05, 0.1) is 0 Å². The molecule has 0 aromatic heterocycles. The quantitative estimate of drug-likeness (QED) is 0.893. The molecule has 2 rings (SSSR count). The third-order valence-electron chi connectivity index (χ3n) is 4.44. The molecule has 1 aliphatic heterocycles. The van der Waals surface area contributed by atoms with Crippen LogP contribution in [0.2, 0.25) is 5.02 Å². The van der Waals surface area contributed by atoms with Gasteiger partial charge in [-0.1, -0.05) is 43.5 Å². The highest BCUT2D eigenvalue weighted by Crippen LogP contribution is 2.32. The Labute approximate surface area is 128 Å². The fourth-order valence-corrected chi connectivity index (χ4v) is 3.69. The highest BCUT2D eigenvalue weighted by Gasteiger charge is 2.30. The van der Waals surface area contributed by atoms with E-state index in [1.54, 1.807) is 0 Å². The maximum atomic E-state index is 6.33. The summed E-state index contributed by atoms with van der Waals surface area (Å²) in [5.74, 6) is 0. The standard InChI is InChI=1S/C17H27ClN2/c1-3-16-10-5-4-6-11-20(16)17(13(2)19)14-8-7-9-15(18)12-14/h7-9,12-13,16-17H,3-6,10-11,19H2,1-2H3. The van der Waals surface area contributed by atoms with Crippen molar-refractivity contribution in [1.82, 2.24) is 4.90 Å². The van der Waals surface area contributed by atoms with Crippen molar-refractivity contribution in [2.75, 3.05) is 6.54 Å². The Bertz CT molecular complexity index is 419. The lowest BCUT2D eigenvalue weighted by Gasteiger charge is -2.39. The minimum absolute atomic E-state index is 0.112. The third kappa shape index (κ3) is 3.75. The molecule has 2 N–H and O–H groups in total. The monoisotopic (exact) mass is 294 g/mol. The highest BCUT2D eigenvalue weighted by molar-refractivity contribution is 6.30. The van der Waals surface area contributed by atoms with Crippen LogP contribution >= 0.6 is 11.6 Å². The van der Waals surface area contributed by atoms with Gasteiger partial charge in [-0.3, -0.25) is 4.90 Å². The summed E-state index contributed by atoms with van der Waals surface area (Å²) < 4.78 is 0. The van der Waals surface area contributed by atoms with Crippen LogP contribution in [0, 0.1) is 0 Å². The van der Waals surface area contributed by atoms with Gasteiger partial charge in [0, 0.05) is 23.1 Å². The number of nitrogens with two attached hydrogens (primary N) is 1. The Hall–Kier alpha value is -0.570. The van der Waals surface area contributed by atoms with Crippen LogP contribution in [-0.4, -0.2) is 23.5 Å². The topological polar surface area (TPSA) is 29.3 Å². The summed E-state index contributed by atoms with van der Waals surface area (Å²) in [6.07, 6.45) is 6.45. The first-order valence-electron chi connectivity index (χ1n) is 7.90. The van der Waals surface area contributed by atoms with Crippen molar-refractivity contribution >= 4 is 11.6 Å². The molecule has 2 nitrogen and oxygen atoms in total. The Kier molecular flexibility index (Phi) is 5.88. The summed E-state index contributed by atoms with van der Waals surface area (Å²) in [7, 11) is 0. The molecule has 1 fully saturated rings. The first kappa shape index (κ1) is 15.8. The number of rotatable bonds is 4. The molecule has 1 heterocycles. The summed E-state index contributed by atoms with van der Waals surface area (Å²) in [6.45, 7) is 5.56. The van der Waals surface area contributed by atoms with Gasteiger partial charge in [0.1, 0.15) is 0 Å².